The van der Waals surface area contributed by atoms with Crippen LogP contribution in [-0.4, -0.2) is 26.4 Å². The van der Waals surface area contributed by atoms with Gasteiger partial charge in [-0.25, -0.2) is 9.50 Å². The smallest absolute Gasteiger partial charge is 0.256 e. The SMILES string of the molecule is C=CC(=O)N(c1ccn2nccc2c1)c1cc(NC(=O)Cc2ccccc2Cl)ccn1. The van der Waals surface area contributed by atoms with Crippen LogP contribution in [0.5, 0.6) is 0 Å². The monoisotopic (exact) mass is 431 g/mol. The molecule has 1 aromatic carbocycles. The van der Waals surface area contributed by atoms with Gasteiger partial charge in [-0.05, 0) is 42.0 Å². The molecular formula is C23H18ClN5O2. The van der Waals surface area contributed by atoms with Crippen LogP contribution in [-0.2, 0) is 16.0 Å². The van der Waals surface area contributed by atoms with Crippen LogP contribution >= 0.6 is 11.6 Å². The molecule has 0 aliphatic rings. The van der Waals surface area contributed by atoms with Gasteiger partial charge in [-0.15, -0.1) is 0 Å². The van der Waals surface area contributed by atoms with Gasteiger partial charge in [0.15, 0.2) is 0 Å². The van der Waals surface area contributed by atoms with E-state index in [1.54, 1.807) is 47.2 Å². The predicted octanol–water partition coefficient (Wildman–Crippen LogP) is 4.41. The van der Waals surface area contributed by atoms with Gasteiger partial charge < -0.3 is 5.32 Å². The summed E-state index contributed by atoms with van der Waals surface area (Å²) in [5, 5.41) is 7.53. The summed E-state index contributed by atoms with van der Waals surface area (Å²) >= 11 is 6.14. The molecule has 7 nitrogen and oxygen atoms in total. The van der Waals surface area contributed by atoms with Gasteiger partial charge >= 0.3 is 0 Å². The second-order valence-electron chi connectivity index (χ2n) is 6.68. The first-order valence-electron chi connectivity index (χ1n) is 9.44. The maximum atomic E-state index is 12.6. The Kier molecular flexibility index (Phi) is 5.77. The van der Waals surface area contributed by atoms with Gasteiger partial charge in [-0.3, -0.25) is 14.5 Å². The third-order valence-corrected chi connectivity index (χ3v) is 4.97. The highest BCUT2D eigenvalue weighted by molar-refractivity contribution is 6.31. The van der Waals surface area contributed by atoms with E-state index in [1.807, 2.05) is 24.3 Å². The van der Waals surface area contributed by atoms with Crippen molar-refractivity contribution in [3.63, 3.8) is 0 Å². The molecule has 0 saturated heterocycles. The number of carbonyl (C=O) groups excluding carboxylic acids is 2. The number of pyridine rings is 2. The molecule has 0 atom stereocenters. The fourth-order valence-electron chi connectivity index (χ4n) is 3.15. The third-order valence-electron chi connectivity index (χ3n) is 4.60. The van der Waals surface area contributed by atoms with E-state index in [0.29, 0.717) is 22.2 Å². The minimum atomic E-state index is -0.351. The summed E-state index contributed by atoms with van der Waals surface area (Å²) < 4.78 is 1.69. The molecule has 0 unspecified atom stereocenters. The topological polar surface area (TPSA) is 79.6 Å². The van der Waals surface area contributed by atoms with Gasteiger partial charge in [0.1, 0.15) is 5.82 Å². The molecule has 0 fully saturated rings. The zero-order valence-corrected chi connectivity index (χ0v) is 17.2. The van der Waals surface area contributed by atoms with E-state index in [1.165, 1.54) is 17.2 Å². The van der Waals surface area contributed by atoms with Crippen LogP contribution in [0.4, 0.5) is 17.2 Å². The molecule has 1 N–H and O–H groups in total. The van der Waals surface area contributed by atoms with Crippen molar-refractivity contribution in [3.8, 4) is 0 Å². The van der Waals surface area contributed by atoms with Crippen LogP contribution in [0.2, 0.25) is 5.02 Å². The fourth-order valence-corrected chi connectivity index (χ4v) is 3.35. The summed E-state index contributed by atoms with van der Waals surface area (Å²) in [7, 11) is 0. The van der Waals surface area contributed by atoms with Crippen LogP contribution in [0.25, 0.3) is 5.52 Å². The molecule has 154 valence electrons. The summed E-state index contributed by atoms with van der Waals surface area (Å²) in [4.78, 5) is 30.9. The molecule has 0 aliphatic heterocycles. The number of benzene rings is 1. The number of halogens is 1. The number of amides is 2. The Morgan fingerprint density at radius 2 is 1.97 bits per heavy atom. The highest BCUT2D eigenvalue weighted by Gasteiger charge is 2.18. The van der Waals surface area contributed by atoms with Gasteiger partial charge in [0.05, 0.1) is 17.6 Å². The number of nitrogens with zero attached hydrogens (tertiary/aromatic N) is 4. The van der Waals surface area contributed by atoms with Crippen molar-refractivity contribution in [2.75, 3.05) is 10.2 Å². The first kappa shape index (κ1) is 20.3. The van der Waals surface area contributed by atoms with Crippen molar-refractivity contribution in [2.45, 2.75) is 6.42 Å². The number of hydrogen-bond acceptors (Lipinski definition) is 4. The minimum absolute atomic E-state index is 0.129. The molecule has 0 saturated carbocycles. The molecule has 0 spiro atoms. The van der Waals surface area contributed by atoms with E-state index in [0.717, 1.165) is 11.1 Å². The average Bonchev–Trinajstić information content (AvgIpc) is 3.24. The molecule has 3 aromatic heterocycles. The van der Waals surface area contributed by atoms with Crippen molar-refractivity contribution >= 4 is 46.1 Å². The number of carbonyl (C=O) groups is 2. The fraction of sp³-hybridized carbons (Fsp3) is 0.0435. The van der Waals surface area contributed by atoms with Crippen molar-refractivity contribution in [2.24, 2.45) is 0 Å². The Hall–Kier alpha value is -3.97. The molecule has 8 heteroatoms. The highest BCUT2D eigenvalue weighted by atomic mass is 35.5. The molecule has 2 amide bonds. The maximum Gasteiger partial charge on any atom is 0.256 e. The number of fused-ring (bicyclic) bond motifs is 1. The van der Waals surface area contributed by atoms with E-state index < -0.39 is 0 Å². The number of hydrogen-bond donors (Lipinski definition) is 1. The molecule has 3 heterocycles. The maximum absolute atomic E-state index is 12.6. The molecule has 0 aliphatic carbocycles. The number of nitrogens with one attached hydrogen (secondary N) is 1. The van der Waals surface area contributed by atoms with Crippen molar-refractivity contribution in [3.05, 3.63) is 96.4 Å². The van der Waals surface area contributed by atoms with Crippen LogP contribution in [0, 0.1) is 0 Å². The Morgan fingerprint density at radius 1 is 1.13 bits per heavy atom. The summed E-state index contributed by atoms with van der Waals surface area (Å²) in [5.41, 5.74) is 2.66. The van der Waals surface area contributed by atoms with E-state index in [2.05, 4.69) is 22.0 Å². The summed E-state index contributed by atoms with van der Waals surface area (Å²) in [6.45, 7) is 3.59. The lowest BCUT2D eigenvalue weighted by Crippen LogP contribution is -2.25. The van der Waals surface area contributed by atoms with E-state index in [4.69, 9.17) is 11.6 Å². The Morgan fingerprint density at radius 3 is 2.77 bits per heavy atom. The second kappa shape index (κ2) is 8.81. The zero-order chi connectivity index (χ0) is 21.8. The van der Waals surface area contributed by atoms with Gasteiger partial charge in [0, 0.05) is 35.4 Å². The molecule has 0 radical (unpaired) electrons. The third kappa shape index (κ3) is 4.46. The van der Waals surface area contributed by atoms with Gasteiger partial charge in [0.2, 0.25) is 5.91 Å². The van der Waals surface area contributed by atoms with Gasteiger partial charge in [-0.1, -0.05) is 36.4 Å². The summed E-state index contributed by atoms with van der Waals surface area (Å²) in [6, 6.07) is 15.9. The summed E-state index contributed by atoms with van der Waals surface area (Å²) in [5.74, 6) is -0.229. The molecule has 4 aromatic rings. The normalized spacial score (nSPS) is 10.6. The highest BCUT2D eigenvalue weighted by Crippen LogP contribution is 2.27. The second-order valence-corrected chi connectivity index (χ2v) is 7.09. The van der Waals surface area contributed by atoms with E-state index >= 15 is 0 Å². The zero-order valence-electron chi connectivity index (χ0n) is 16.4. The lowest BCUT2D eigenvalue weighted by atomic mass is 10.1. The van der Waals surface area contributed by atoms with Gasteiger partial charge in [0.25, 0.3) is 5.91 Å². The van der Waals surface area contributed by atoms with E-state index in [9.17, 15) is 9.59 Å². The quantitative estimate of drug-likeness (QED) is 0.458. The average molecular weight is 432 g/mol. The molecule has 0 bridgehead atoms. The van der Waals surface area contributed by atoms with Crippen LogP contribution in [0.1, 0.15) is 5.56 Å². The Labute approximate surface area is 183 Å². The van der Waals surface area contributed by atoms with Crippen LogP contribution in [0.3, 0.4) is 0 Å². The largest absolute Gasteiger partial charge is 0.326 e. The van der Waals surface area contributed by atoms with Gasteiger partial charge in [-0.2, -0.15) is 5.10 Å². The number of aromatic nitrogens is 3. The lowest BCUT2D eigenvalue weighted by Gasteiger charge is -2.21. The number of anilines is 3. The lowest BCUT2D eigenvalue weighted by molar-refractivity contribution is -0.115. The minimum Gasteiger partial charge on any atom is -0.326 e. The van der Waals surface area contributed by atoms with Crippen LogP contribution < -0.4 is 10.2 Å². The molecule has 4 rings (SSSR count). The number of rotatable bonds is 6. The van der Waals surface area contributed by atoms with Crippen molar-refractivity contribution in [1.29, 1.82) is 0 Å². The van der Waals surface area contributed by atoms with E-state index in [-0.39, 0.29) is 18.2 Å². The molecule has 31 heavy (non-hydrogen) atoms. The predicted molar refractivity (Wildman–Crippen MR) is 121 cm³/mol. The van der Waals surface area contributed by atoms with Crippen molar-refractivity contribution in [1.82, 2.24) is 14.6 Å². The van der Waals surface area contributed by atoms with Crippen LogP contribution in [0.15, 0.2) is 85.8 Å². The first-order chi connectivity index (χ1) is 15.0. The molecular weight excluding hydrogens is 414 g/mol. The summed E-state index contributed by atoms with van der Waals surface area (Å²) in [6.07, 6.45) is 6.30. The first-order valence-corrected chi connectivity index (χ1v) is 9.82. The Bertz CT molecular complexity index is 1280. The Balaban J connectivity index is 1.61. The standard InChI is InChI=1S/C23H18ClN5O2/c1-2-23(31)29(19-9-12-28-18(15-19)8-11-26-28)21-14-17(7-10-25-21)27-22(30)13-16-5-3-4-6-20(16)24/h2-12,14-15H,1,13H2,(H,25,27,30). The van der Waals surface area contributed by atoms with Crippen molar-refractivity contribution < 1.29 is 9.59 Å².